The summed E-state index contributed by atoms with van der Waals surface area (Å²) in [4.78, 5) is 32.5. The predicted molar refractivity (Wildman–Crippen MR) is 148 cm³/mol. The summed E-state index contributed by atoms with van der Waals surface area (Å²) in [6.45, 7) is 3.67. The first kappa shape index (κ1) is 27.7. The number of benzene rings is 1. The number of hydrogen-bond acceptors (Lipinski definition) is 10. The standard InChI is InChI=1S/C30H30FN7O4/c31-24-14-19(15-32)3-4-21(24)18-41-29-23(2-1-10-34-29)20-7-11-37(12-8-20)17-27-35-25-5-6-26(30(39)42-33)36-28(25)38(27)16-22-9-13-40-22/h1-6,10,14,20,22H,7-9,11-13,16-18,33H2. The lowest BCUT2D eigenvalue weighted by Crippen LogP contribution is -2.35. The van der Waals surface area contributed by atoms with Crippen molar-refractivity contribution in [1.29, 1.82) is 5.26 Å². The Bertz CT molecular complexity index is 1640. The van der Waals surface area contributed by atoms with Crippen LogP contribution in [-0.4, -0.2) is 56.2 Å². The lowest BCUT2D eigenvalue weighted by atomic mass is 9.90. The first-order valence-electron chi connectivity index (χ1n) is 13.9. The molecule has 0 amide bonds. The summed E-state index contributed by atoms with van der Waals surface area (Å²) in [5.74, 6) is 5.50. The number of pyridine rings is 2. The summed E-state index contributed by atoms with van der Waals surface area (Å²) in [5, 5.41) is 8.98. The first-order valence-corrected chi connectivity index (χ1v) is 13.9. The van der Waals surface area contributed by atoms with Crippen LogP contribution in [0.1, 0.15) is 58.2 Å². The van der Waals surface area contributed by atoms with Gasteiger partial charge in [-0.25, -0.2) is 24.1 Å². The molecule has 1 atom stereocenters. The van der Waals surface area contributed by atoms with Gasteiger partial charge in [-0.15, -0.1) is 0 Å². The number of imidazole rings is 1. The van der Waals surface area contributed by atoms with E-state index < -0.39 is 11.8 Å². The fraction of sp³-hybridized carbons (Fsp3) is 0.367. The number of nitriles is 1. The van der Waals surface area contributed by atoms with Gasteiger partial charge in [-0.1, -0.05) is 12.1 Å². The Hall–Kier alpha value is -4.44. The Morgan fingerprint density at radius 2 is 2.00 bits per heavy atom. The van der Waals surface area contributed by atoms with E-state index in [9.17, 15) is 9.18 Å². The maximum atomic E-state index is 14.4. The Balaban J connectivity index is 1.14. The summed E-state index contributed by atoms with van der Waals surface area (Å²) in [6, 6.07) is 13.5. The van der Waals surface area contributed by atoms with E-state index >= 15 is 0 Å². The van der Waals surface area contributed by atoms with Crippen molar-refractivity contribution in [3.05, 3.63) is 82.7 Å². The van der Waals surface area contributed by atoms with Gasteiger partial charge >= 0.3 is 5.97 Å². The molecule has 0 bridgehead atoms. The van der Waals surface area contributed by atoms with Gasteiger partial charge in [0.25, 0.3) is 0 Å². The number of aromatic nitrogens is 4. The molecule has 2 N–H and O–H groups in total. The van der Waals surface area contributed by atoms with Crippen LogP contribution in [-0.2, 0) is 29.3 Å². The van der Waals surface area contributed by atoms with Crippen LogP contribution < -0.4 is 10.6 Å². The van der Waals surface area contributed by atoms with Crippen LogP contribution in [0.4, 0.5) is 4.39 Å². The third kappa shape index (κ3) is 5.80. The molecular formula is C30H30FN7O4. The van der Waals surface area contributed by atoms with E-state index in [-0.39, 0.29) is 29.9 Å². The molecular weight excluding hydrogens is 541 g/mol. The number of ether oxygens (including phenoxy) is 2. The molecule has 4 aromatic rings. The zero-order valence-corrected chi connectivity index (χ0v) is 22.9. The van der Waals surface area contributed by atoms with E-state index in [0.29, 0.717) is 35.7 Å². The minimum atomic E-state index is -0.700. The molecule has 6 rings (SSSR count). The van der Waals surface area contributed by atoms with Crippen LogP contribution >= 0.6 is 0 Å². The molecule has 42 heavy (non-hydrogen) atoms. The van der Waals surface area contributed by atoms with Gasteiger partial charge in [0.15, 0.2) is 11.3 Å². The van der Waals surface area contributed by atoms with Crippen molar-refractivity contribution >= 4 is 17.1 Å². The van der Waals surface area contributed by atoms with Crippen molar-refractivity contribution in [3.8, 4) is 11.9 Å². The molecule has 1 unspecified atom stereocenters. The van der Waals surface area contributed by atoms with E-state index in [4.69, 9.17) is 25.6 Å². The predicted octanol–water partition coefficient (Wildman–Crippen LogP) is 3.62. The molecule has 0 aliphatic carbocycles. The number of likely N-dealkylation sites (tertiary alicyclic amines) is 1. The summed E-state index contributed by atoms with van der Waals surface area (Å²) in [7, 11) is 0. The smallest absolute Gasteiger partial charge is 0.375 e. The fourth-order valence-corrected chi connectivity index (χ4v) is 5.48. The van der Waals surface area contributed by atoms with E-state index in [1.165, 1.54) is 6.07 Å². The maximum Gasteiger partial charge on any atom is 0.375 e. The molecule has 11 nitrogen and oxygen atoms in total. The summed E-state index contributed by atoms with van der Waals surface area (Å²) < 4.78 is 28.1. The fourth-order valence-electron chi connectivity index (χ4n) is 5.48. The van der Waals surface area contributed by atoms with Gasteiger partial charge in [-0.05, 0) is 68.6 Å². The lowest BCUT2D eigenvalue weighted by Gasteiger charge is -2.33. The van der Waals surface area contributed by atoms with E-state index in [1.807, 2.05) is 22.8 Å². The van der Waals surface area contributed by atoms with Crippen LogP contribution in [0.3, 0.4) is 0 Å². The Morgan fingerprint density at radius 3 is 2.71 bits per heavy atom. The number of halogens is 1. The molecule has 2 aliphatic heterocycles. The zero-order valence-electron chi connectivity index (χ0n) is 22.9. The summed E-state index contributed by atoms with van der Waals surface area (Å²) in [5.41, 5.74) is 3.08. The van der Waals surface area contributed by atoms with E-state index in [1.54, 1.807) is 30.5 Å². The largest absolute Gasteiger partial charge is 0.472 e. The molecule has 1 aromatic carbocycles. The molecule has 216 valence electrons. The highest BCUT2D eigenvalue weighted by Crippen LogP contribution is 2.34. The van der Waals surface area contributed by atoms with Gasteiger partial charge in [0, 0.05) is 23.9 Å². The average Bonchev–Trinajstić information content (AvgIpc) is 3.34. The van der Waals surface area contributed by atoms with Crippen LogP contribution in [0.2, 0.25) is 0 Å². The highest BCUT2D eigenvalue weighted by Gasteiger charge is 2.27. The Kier molecular flexibility index (Phi) is 8.05. The molecule has 2 saturated heterocycles. The van der Waals surface area contributed by atoms with Crippen molar-refractivity contribution in [2.45, 2.75) is 51.0 Å². The quantitative estimate of drug-likeness (QED) is 0.296. The topological polar surface area (TPSA) is 141 Å². The molecule has 2 aliphatic rings. The van der Waals surface area contributed by atoms with Crippen molar-refractivity contribution in [3.63, 3.8) is 0 Å². The molecule has 0 spiro atoms. The van der Waals surface area contributed by atoms with Crippen molar-refractivity contribution in [2.75, 3.05) is 19.7 Å². The molecule has 0 radical (unpaired) electrons. The normalized spacial score (nSPS) is 17.5. The van der Waals surface area contributed by atoms with Gasteiger partial charge < -0.3 is 18.9 Å². The highest BCUT2D eigenvalue weighted by atomic mass is 19.1. The van der Waals surface area contributed by atoms with Crippen molar-refractivity contribution < 1.29 is 23.5 Å². The number of nitrogens with zero attached hydrogens (tertiary/aromatic N) is 6. The van der Waals surface area contributed by atoms with Crippen LogP contribution in [0.5, 0.6) is 5.88 Å². The van der Waals surface area contributed by atoms with Gasteiger partial charge in [0.2, 0.25) is 5.88 Å². The average molecular weight is 572 g/mol. The van der Waals surface area contributed by atoms with Crippen LogP contribution in [0.25, 0.3) is 11.2 Å². The maximum absolute atomic E-state index is 14.4. The van der Waals surface area contributed by atoms with Crippen LogP contribution in [0.15, 0.2) is 48.7 Å². The summed E-state index contributed by atoms with van der Waals surface area (Å²) >= 11 is 0. The second kappa shape index (κ2) is 12.2. The van der Waals surface area contributed by atoms with Gasteiger partial charge in [-0.2, -0.15) is 11.2 Å². The number of piperidine rings is 1. The van der Waals surface area contributed by atoms with Gasteiger partial charge in [0.1, 0.15) is 23.8 Å². The SMILES string of the molecule is N#Cc1ccc(COc2ncccc2C2CCN(Cc3nc4ccc(C(=O)ON)nc4n3CC3CCO3)CC2)c(F)c1. The second-order valence-electron chi connectivity index (χ2n) is 10.5. The van der Waals surface area contributed by atoms with Crippen molar-refractivity contribution in [1.82, 2.24) is 24.4 Å². The monoisotopic (exact) mass is 571 g/mol. The van der Waals surface area contributed by atoms with Gasteiger partial charge in [0.05, 0.1) is 30.8 Å². The first-order chi connectivity index (χ1) is 20.5. The number of carbonyl (C=O) groups is 1. The minimum absolute atomic E-state index is 0.0279. The molecule has 2 fully saturated rings. The molecule has 0 saturated carbocycles. The number of fused-ring (bicyclic) bond motifs is 1. The minimum Gasteiger partial charge on any atom is -0.472 e. The Labute approximate surface area is 241 Å². The van der Waals surface area contributed by atoms with E-state index in [0.717, 1.165) is 50.3 Å². The third-order valence-corrected chi connectivity index (χ3v) is 7.91. The second-order valence-corrected chi connectivity index (χ2v) is 10.5. The highest BCUT2D eigenvalue weighted by molar-refractivity contribution is 5.89. The Morgan fingerprint density at radius 1 is 1.17 bits per heavy atom. The lowest BCUT2D eigenvalue weighted by molar-refractivity contribution is -0.0593. The number of rotatable bonds is 9. The third-order valence-electron chi connectivity index (χ3n) is 7.91. The zero-order chi connectivity index (χ0) is 29.1. The summed E-state index contributed by atoms with van der Waals surface area (Å²) in [6.07, 6.45) is 4.50. The number of hydrogen-bond donors (Lipinski definition) is 1. The van der Waals surface area contributed by atoms with Crippen LogP contribution in [0, 0.1) is 17.1 Å². The van der Waals surface area contributed by atoms with Gasteiger partial charge in [-0.3, -0.25) is 4.90 Å². The number of nitrogens with two attached hydrogens (primary N) is 1. The molecule has 3 aromatic heterocycles. The van der Waals surface area contributed by atoms with Crippen molar-refractivity contribution in [2.24, 2.45) is 5.90 Å². The molecule has 5 heterocycles. The van der Waals surface area contributed by atoms with E-state index in [2.05, 4.69) is 19.7 Å². The number of carbonyl (C=O) groups excluding carboxylic acids is 1. The molecule has 12 heteroatoms.